The average Bonchev–Trinajstić information content (AvgIpc) is 3.12. The molecule has 22 heavy (non-hydrogen) atoms. The van der Waals surface area contributed by atoms with Crippen LogP contribution in [0.15, 0.2) is 23.2 Å². The van der Waals surface area contributed by atoms with Crippen LogP contribution >= 0.6 is 24.0 Å². The maximum Gasteiger partial charge on any atom is 0.191 e. The monoisotopic (exact) mass is 416 g/mol. The first-order valence-electron chi connectivity index (χ1n) is 7.83. The third-order valence-electron chi connectivity index (χ3n) is 4.03. The van der Waals surface area contributed by atoms with Crippen molar-refractivity contribution in [2.75, 3.05) is 25.5 Å². The van der Waals surface area contributed by atoms with Crippen LogP contribution in [-0.4, -0.2) is 32.6 Å². The molecule has 0 radical (unpaired) electrons. The molecule has 5 heteroatoms. The van der Waals surface area contributed by atoms with Crippen molar-refractivity contribution in [2.24, 2.45) is 10.9 Å². The SMILES string of the molecule is CCNC(=NCc1ccc(N(C)C)cc1C)NC1CC1C.I. The minimum absolute atomic E-state index is 0. The summed E-state index contributed by atoms with van der Waals surface area (Å²) in [4.78, 5) is 6.84. The molecule has 0 aromatic heterocycles. The molecule has 2 unspecified atom stereocenters. The average molecular weight is 416 g/mol. The van der Waals surface area contributed by atoms with Crippen molar-refractivity contribution in [3.05, 3.63) is 29.3 Å². The van der Waals surface area contributed by atoms with Gasteiger partial charge in [0.25, 0.3) is 0 Å². The van der Waals surface area contributed by atoms with Gasteiger partial charge in [-0.2, -0.15) is 0 Å². The molecule has 1 saturated carbocycles. The van der Waals surface area contributed by atoms with Gasteiger partial charge in [-0.15, -0.1) is 24.0 Å². The van der Waals surface area contributed by atoms with E-state index in [0.717, 1.165) is 25.0 Å². The van der Waals surface area contributed by atoms with Crippen molar-refractivity contribution in [3.63, 3.8) is 0 Å². The lowest BCUT2D eigenvalue weighted by Gasteiger charge is -2.15. The number of rotatable bonds is 5. The van der Waals surface area contributed by atoms with Crippen LogP contribution in [0.5, 0.6) is 0 Å². The van der Waals surface area contributed by atoms with Crippen LogP contribution in [0.25, 0.3) is 0 Å². The van der Waals surface area contributed by atoms with Gasteiger partial charge >= 0.3 is 0 Å². The fourth-order valence-electron chi connectivity index (χ4n) is 2.32. The van der Waals surface area contributed by atoms with E-state index in [4.69, 9.17) is 4.99 Å². The zero-order valence-electron chi connectivity index (χ0n) is 14.3. The van der Waals surface area contributed by atoms with Crippen molar-refractivity contribution in [3.8, 4) is 0 Å². The Morgan fingerprint density at radius 2 is 2.05 bits per heavy atom. The van der Waals surface area contributed by atoms with E-state index >= 15 is 0 Å². The quantitative estimate of drug-likeness (QED) is 0.440. The molecular formula is C17H29IN4. The van der Waals surface area contributed by atoms with Gasteiger partial charge in [0.15, 0.2) is 5.96 Å². The van der Waals surface area contributed by atoms with Gasteiger partial charge in [0.05, 0.1) is 6.54 Å². The van der Waals surface area contributed by atoms with E-state index in [0.29, 0.717) is 6.04 Å². The fraction of sp³-hybridized carbons (Fsp3) is 0.588. The summed E-state index contributed by atoms with van der Waals surface area (Å²) >= 11 is 0. The molecule has 1 aliphatic rings. The number of halogens is 1. The minimum Gasteiger partial charge on any atom is -0.378 e. The Kier molecular flexibility index (Phi) is 7.45. The normalized spacial score (nSPS) is 20.1. The summed E-state index contributed by atoms with van der Waals surface area (Å²) in [5.74, 6) is 1.71. The first kappa shape index (κ1) is 19.1. The Morgan fingerprint density at radius 3 is 2.55 bits per heavy atom. The van der Waals surface area contributed by atoms with E-state index < -0.39 is 0 Å². The van der Waals surface area contributed by atoms with Crippen molar-refractivity contribution < 1.29 is 0 Å². The highest BCUT2D eigenvalue weighted by atomic mass is 127. The third kappa shape index (κ3) is 5.34. The van der Waals surface area contributed by atoms with E-state index in [-0.39, 0.29) is 24.0 Å². The molecule has 0 amide bonds. The summed E-state index contributed by atoms with van der Waals surface area (Å²) < 4.78 is 0. The highest BCUT2D eigenvalue weighted by molar-refractivity contribution is 14.0. The number of aliphatic imine (C=N–C) groups is 1. The standard InChI is InChI=1S/C17H28N4.HI/c1-6-18-17(20-16-10-13(16)3)19-11-14-7-8-15(21(4)5)9-12(14)2;/h7-9,13,16H,6,10-11H2,1-5H3,(H2,18,19,20);1H. The van der Waals surface area contributed by atoms with Crippen LogP contribution < -0.4 is 15.5 Å². The number of anilines is 1. The van der Waals surface area contributed by atoms with E-state index in [9.17, 15) is 0 Å². The minimum atomic E-state index is 0. The largest absolute Gasteiger partial charge is 0.378 e. The van der Waals surface area contributed by atoms with E-state index in [2.05, 4.69) is 68.6 Å². The van der Waals surface area contributed by atoms with E-state index in [1.807, 2.05) is 0 Å². The zero-order valence-corrected chi connectivity index (χ0v) is 16.6. The summed E-state index contributed by atoms with van der Waals surface area (Å²) in [7, 11) is 4.13. The summed E-state index contributed by atoms with van der Waals surface area (Å²) in [6.07, 6.45) is 1.25. The molecule has 1 aliphatic carbocycles. The molecule has 2 atom stereocenters. The number of benzene rings is 1. The second-order valence-electron chi connectivity index (χ2n) is 6.16. The van der Waals surface area contributed by atoms with Gasteiger partial charge in [0.1, 0.15) is 0 Å². The van der Waals surface area contributed by atoms with Gasteiger partial charge in [0, 0.05) is 32.4 Å². The molecule has 4 nitrogen and oxygen atoms in total. The fourth-order valence-corrected chi connectivity index (χ4v) is 2.32. The number of nitrogens with zero attached hydrogens (tertiary/aromatic N) is 2. The van der Waals surface area contributed by atoms with Gasteiger partial charge in [-0.1, -0.05) is 13.0 Å². The second kappa shape index (κ2) is 8.60. The predicted molar refractivity (Wildman–Crippen MR) is 106 cm³/mol. The molecule has 2 N–H and O–H groups in total. The summed E-state index contributed by atoms with van der Waals surface area (Å²) in [6.45, 7) is 8.14. The topological polar surface area (TPSA) is 39.7 Å². The number of hydrogen-bond acceptors (Lipinski definition) is 2. The van der Waals surface area contributed by atoms with Crippen molar-refractivity contribution in [1.29, 1.82) is 0 Å². The van der Waals surface area contributed by atoms with E-state index in [1.165, 1.54) is 23.2 Å². The highest BCUT2D eigenvalue weighted by Gasteiger charge is 2.33. The Bertz CT molecular complexity index is 513. The van der Waals surface area contributed by atoms with Crippen molar-refractivity contribution in [1.82, 2.24) is 10.6 Å². The molecule has 124 valence electrons. The molecule has 0 aliphatic heterocycles. The third-order valence-corrected chi connectivity index (χ3v) is 4.03. The molecule has 2 rings (SSSR count). The van der Waals surface area contributed by atoms with Gasteiger partial charge in [-0.05, 0) is 49.4 Å². The lowest BCUT2D eigenvalue weighted by atomic mass is 10.1. The summed E-state index contributed by atoms with van der Waals surface area (Å²) in [5, 5.41) is 6.82. The molecular weight excluding hydrogens is 387 g/mol. The first-order chi connectivity index (χ1) is 10.0. The van der Waals surface area contributed by atoms with Gasteiger partial charge in [-0.3, -0.25) is 0 Å². The number of guanidine groups is 1. The van der Waals surface area contributed by atoms with Crippen molar-refractivity contribution in [2.45, 2.75) is 39.8 Å². The Hall–Kier alpha value is -0.980. The van der Waals surface area contributed by atoms with Crippen LogP contribution in [-0.2, 0) is 6.54 Å². The highest BCUT2D eigenvalue weighted by Crippen LogP contribution is 2.28. The predicted octanol–water partition coefficient (Wildman–Crippen LogP) is 3.14. The molecule has 0 heterocycles. The van der Waals surface area contributed by atoms with Gasteiger partial charge < -0.3 is 15.5 Å². The molecule has 0 bridgehead atoms. The lowest BCUT2D eigenvalue weighted by Crippen LogP contribution is -2.39. The molecule has 0 saturated heterocycles. The molecule has 0 spiro atoms. The number of aryl methyl sites for hydroxylation is 1. The Morgan fingerprint density at radius 1 is 1.36 bits per heavy atom. The number of nitrogens with one attached hydrogen (secondary N) is 2. The summed E-state index contributed by atoms with van der Waals surface area (Å²) in [6, 6.07) is 7.15. The lowest BCUT2D eigenvalue weighted by molar-refractivity contribution is 0.766. The second-order valence-corrected chi connectivity index (χ2v) is 6.16. The first-order valence-corrected chi connectivity index (χ1v) is 7.83. The number of hydrogen-bond donors (Lipinski definition) is 2. The van der Waals surface area contributed by atoms with Crippen LogP contribution in [0, 0.1) is 12.8 Å². The zero-order chi connectivity index (χ0) is 15.4. The Labute approximate surface area is 151 Å². The Balaban J connectivity index is 0.00000242. The molecule has 1 aromatic rings. The van der Waals surface area contributed by atoms with Crippen molar-refractivity contribution >= 4 is 35.6 Å². The molecule has 1 fully saturated rings. The van der Waals surface area contributed by atoms with Crippen LogP contribution in [0.4, 0.5) is 5.69 Å². The molecule has 1 aromatic carbocycles. The van der Waals surface area contributed by atoms with Gasteiger partial charge in [0.2, 0.25) is 0 Å². The van der Waals surface area contributed by atoms with Gasteiger partial charge in [-0.25, -0.2) is 4.99 Å². The maximum atomic E-state index is 4.71. The van der Waals surface area contributed by atoms with E-state index in [1.54, 1.807) is 0 Å². The van der Waals surface area contributed by atoms with Crippen LogP contribution in [0.2, 0.25) is 0 Å². The van der Waals surface area contributed by atoms with Crippen LogP contribution in [0.1, 0.15) is 31.4 Å². The summed E-state index contributed by atoms with van der Waals surface area (Å²) in [5.41, 5.74) is 3.80. The smallest absolute Gasteiger partial charge is 0.191 e. The maximum absolute atomic E-state index is 4.71. The van der Waals surface area contributed by atoms with Crippen LogP contribution in [0.3, 0.4) is 0 Å².